The lowest BCUT2D eigenvalue weighted by Crippen LogP contribution is -2.11. The van der Waals surface area contributed by atoms with Gasteiger partial charge in [0.15, 0.2) is 0 Å². The summed E-state index contributed by atoms with van der Waals surface area (Å²) in [5.41, 5.74) is 0.425. The van der Waals surface area contributed by atoms with Gasteiger partial charge in [0.2, 0.25) is 9.47 Å². The molecule has 5 nitrogen and oxygen atoms in total. The SMILES string of the molecule is N#Cc1ccsc1NC(=O)c1nnc(Cl)s1. The lowest BCUT2D eigenvalue weighted by Gasteiger charge is -1.98. The van der Waals surface area contributed by atoms with Gasteiger partial charge in [0, 0.05) is 0 Å². The molecule has 0 aliphatic carbocycles. The van der Waals surface area contributed by atoms with Crippen LogP contribution < -0.4 is 5.32 Å². The van der Waals surface area contributed by atoms with Gasteiger partial charge in [-0.3, -0.25) is 4.79 Å². The van der Waals surface area contributed by atoms with Gasteiger partial charge in [0.25, 0.3) is 5.91 Å². The summed E-state index contributed by atoms with van der Waals surface area (Å²) in [7, 11) is 0. The van der Waals surface area contributed by atoms with Gasteiger partial charge in [0.1, 0.15) is 11.1 Å². The van der Waals surface area contributed by atoms with Gasteiger partial charge in [-0.2, -0.15) is 5.26 Å². The topological polar surface area (TPSA) is 78.7 Å². The maximum atomic E-state index is 11.6. The van der Waals surface area contributed by atoms with E-state index in [-0.39, 0.29) is 9.47 Å². The third-order valence-electron chi connectivity index (χ3n) is 1.61. The van der Waals surface area contributed by atoms with Crippen LogP contribution in [0.2, 0.25) is 4.47 Å². The fourth-order valence-corrected chi connectivity index (χ4v) is 2.40. The number of nitrogens with zero attached hydrogens (tertiary/aromatic N) is 3. The summed E-state index contributed by atoms with van der Waals surface area (Å²) in [6.07, 6.45) is 0. The van der Waals surface area contributed by atoms with Crippen molar-refractivity contribution >= 4 is 45.2 Å². The van der Waals surface area contributed by atoms with Gasteiger partial charge in [-0.15, -0.1) is 21.5 Å². The van der Waals surface area contributed by atoms with E-state index >= 15 is 0 Å². The van der Waals surface area contributed by atoms with Gasteiger partial charge >= 0.3 is 0 Å². The molecule has 0 atom stereocenters. The first-order valence-electron chi connectivity index (χ1n) is 3.98. The Morgan fingerprint density at radius 2 is 2.38 bits per heavy atom. The van der Waals surface area contributed by atoms with Crippen molar-refractivity contribution in [3.63, 3.8) is 0 Å². The summed E-state index contributed by atoms with van der Waals surface area (Å²) in [4.78, 5) is 11.6. The summed E-state index contributed by atoms with van der Waals surface area (Å²) in [5, 5.41) is 20.8. The zero-order chi connectivity index (χ0) is 11.5. The van der Waals surface area contributed by atoms with Crippen molar-refractivity contribution in [2.45, 2.75) is 0 Å². The molecule has 2 aromatic rings. The summed E-state index contributed by atoms with van der Waals surface area (Å²) >= 11 is 7.82. The largest absolute Gasteiger partial charge is 0.310 e. The number of amides is 1. The monoisotopic (exact) mass is 270 g/mol. The zero-order valence-corrected chi connectivity index (χ0v) is 9.99. The molecule has 2 heterocycles. The van der Waals surface area contributed by atoms with Crippen LogP contribution in [0.25, 0.3) is 0 Å². The van der Waals surface area contributed by atoms with Crippen LogP contribution in [0.15, 0.2) is 11.4 Å². The van der Waals surface area contributed by atoms with Crippen molar-refractivity contribution in [1.82, 2.24) is 10.2 Å². The van der Waals surface area contributed by atoms with E-state index in [1.54, 1.807) is 11.4 Å². The molecule has 1 N–H and O–H groups in total. The molecule has 1 amide bonds. The Morgan fingerprint density at radius 1 is 1.56 bits per heavy atom. The molecule has 0 aliphatic rings. The number of nitrogens with one attached hydrogen (secondary N) is 1. The minimum absolute atomic E-state index is 0.169. The van der Waals surface area contributed by atoms with E-state index in [4.69, 9.17) is 16.9 Å². The molecule has 2 aromatic heterocycles. The molecule has 0 aromatic carbocycles. The Balaban J connectivity index is 2.17. The predicted octanol–water partition coefficient (Wildman–Crippen LogP) is 2.38. The summed E-state index contributed by atoms with van der Waals surface area (Å²) < 4.78 is 0.205. The van der Waals surface area contributed by atoms with E-state index in [9.17, 15) is 4.79 Å². The van der Waals surface area contributed by atoms with E-state index in [1.807, 2.05) is 6.07 Å². The van der Waals surface area contributed by atoms with Crippen LogP contribution in [0.5, 0.6) is 0 Å². The van der Waals surface area contributed by atoms with Gasteiger partial charge in [-0.25, -0.2) is 0 Å². The number of anilines is 1. The molecule has 0 unspecified atom stereocenters. The normalized spacial score (nSPS) is 9.75. The molecule has 8 heteroatoms. The molecule has 0 radical (unpaired) electrons. The molecule has 2 rings (SSSR count). The van der Waals surface area contributed by atoms with Crippen LogP contribution in [-0.4, -0.2) is 16.1 Å². The summed E-state index contributed by atoms with van der Waals surface area (Å²) in [5.74, 6) is -0.414. The maximum Gasteiger partial charge on any atom is 0.287 e. The van der Waals surface area contributed by atoms with Gasteiger partial charge in [-0.05, 0) is 23.0 Å². The zero-order valence-electron chi connectivity index (χ0n) is 7.60. The lowest BCUT2D eigenvalue weighted by molar-refractivity contribution is 0.102. The molecule has 0 saturated heterocycles. The van der Waals surface area contributed by atoms with E-state index < -0.39 is 5.91 Å². The third kappa shape index (κ3) is 2.19. The number of thiophene rings is 1. The molecule has 0 spiro atoms. The number of carbonyl (C=O) groups excluding carboxylic acids is 1. The van der Waals surface area contributed by atoms with E-state index in [0.717, 1.165) is 11.3 Å². The Hall–Kier alpha value is -1.49. The number of hydrogen-bond acceptors (Lipinski definition) is 6. The minimum Gasteiger partial charge on any atom is -0.310 e. The fraction of sp³-hybridized carbons (Fsp3) is 0. The number of halogens is 1. The predicted molar refractivity (Wildman–Crippen MR) is 61.9 cm³/mol. The molecular weight excluding hydrogens is 268 g/mol. The highest BCUT2D eigenvalue weighted by atomic mass is 35.5. The van der Waals surface area contributed by atoms with Crippen LogP contribution in [0.3, 0.4) is 0 Å². The molecule has 0 bridgehead atoms. The molecule has 0 aliphatic heterocycles. The molecule has 0 saturated carbocycles. The van der Waals surface area contributed by atoms with Crippen molar-refractivity contribution in [2.75, 3.05) is 5.32 Å². The first-order chi connectivity index (χ1) is 7.70. The number of carbonyl (C=O) groups is 1. The smallest absolute Gasteiger partial charge is 0.287 e. The third-order valence-corrected chi connectivity index (χ3v) is 3.45. The number of aromatic nitrogens is 2. The molecule has 0 fully saturated rings. The number of hydrogen-bond donors (Lipinski definition) is 1. The average Bonchev–Trinajstić information content (AvgIpc) is 2.86. The second-order valence-corrected chi connectivity index (χ2v) is 5.07. The number of nitriles is 1. The summed E-state index contributed by atoms with van der Waals surface area (Å²) in [6.45, 7) is 0. The lowest BCUT2D eigenvalue weighted by atomic mass is 10.3. The highest BCUT2D eigenvalue weighted by Gasteiger charge is 2.14. The standard InChI is InChI=1S/C8H3ClN4OS2/c9-8-13-12-7(16-8)5(14)11-6-4(3-10)1-2-15-6/h1-2H,(H,11,14). The molecule has 16 heavy (non-hydrogen) atoms. The van der Waals surface area contributed by atoms with Crippen LogP contribution in [-0.2, 0) is 0 Å². The first kappa shape index (κ1) is 11.0. The van der Waals surface area contributed by atoms with Crippen LogP contribution in [0.1, 0.15) is 15.4 Å². The van der Waals surface area contributed by atoms with Crippen LogP contribution >= 0.6 is 34.3 Å². The Morgan fingerprint density at radius 3 is 3.00 bits per heavy atom. The molecule has 80 valence electrons. The number of rotatable bonds is 2. The van der Waals surface area contributed by atoms with E-state index in [0.29, 0.717) is 10.6 Å². The van der Waals surface area contributed by atoms with Crippen molar-refractivity contribution in [3.05, 3.63) is 26.5 Å². The van der Waals surface area contributed by atoms with Crippen LogP contribution in [0.4, 0.5) is 5.00 Å². The maximum absolute atomic E-state index is 11.6. The van der Waals surface area contributed by atoms with Gasteiger partial charge < -0.3 is 5.32 Å². The highest BCUT2D eigenvalue weighted by Crippen LogP contribution is 2.23. The average molecular weight is 271 g/mol. The first-order valence-corrected chi connectivity index (χ1v) is 6.06. The molecular formula is C8H3ClN4OS2. The van der Waals surface area contributed by atoms with Crippen molar-refractivity contribution in [2.24, 2.45) is 0 Å². The van der Waals surface area contributed by atoms with Gasteiger partial charge in [0.05, 0.1) is 5.56 Å². The second-order valence-electron chi connectivity index (χ2n) is 2.59. The Bertz CT molecular complexity index is 571. The summed E-state index contributed by atoms with van der Waals surface area (Å²) in [6, 6.07) is 3.61. The van der Waals surface area contributed by atoms with Gasteiger partial charge in [-0.1, -0.05) is 11.3 Å². The Kier molecular flexibility index (Phi) is 3.14. The van der Waals surface area contributed by atoms with Crippen molar-refractivity contribution in [1.29, 1.82) is 5.26 Å². The van der Waals surface area contributed by atoms with E-state index in [2.05, 4.69) is 15.5 Å². The second kappa shape index (κ2) is 4.57. The quantitative estimate of drug-likeness (QED) is 0.909. The highest BCUT2D eigenvalue weighted by molar-refractivity contribution is 7.17. The van der Waals surface area contributed by atoms with E-state index in [1.165, 1.54) is 11.3 Å². The Labute approximate surface area is 103 Å². The van der Waals surface area contributed by atoms with Crippen molar-refractivity contribution < 1.29 is 4.79 Å². The minimum atomic E-state index is -0.414. The fourth-order valence-electron chi connectivity index (χ4n) is 0.948. The van der Waals surface area contributed by atoms with Crippen LogP contribution in [0, 0.1) is 11.3 Å². The van der Waals surface area contributed by atoms with Crippen molar-refractivity contribution in [3.8, 4) is 6.07 Å².